The average Bonchev–Trinajstić information content (AvgIpc) is 2.64. The van der Waals surface area contributed by atoms with Crippen molar-refractivity contribution in [2.75, 3.05) is 13.1 Å². The van der Waals surface area contributed by atoms with Crippen LogP contribution in [0.4, 0.5) is 0 Å². The van der Waals surface area contributed by atoms with Crippen molar-refractivity contribution in [3.63, 3.8) is 0 Å². The Morgan fingerprint density at radius 1 is 1.69 bits per heavy atom. The van der Waals surface area contributed by atoms with Gasteiger partial charge in [-0.2, -0.15) is 0 Å². The van der Waals surface area contributed by atoms with E-state index in [1.165, 1.54) is 0 Å². The van der Waals surface area contributed by atoms with Crippen LogP contribution in [-0.2, 0) is 13.6 Å². The summed E-state index contributed by atoms with van der Waals surface area (Å²) in [6.45, 7) is 2.73. The molecule has 0 saturated carbocycles. The number of aromatic nitrogens is 3. The Labute approximate surface area is 94.9 Å². The fourth-order valence-corrected chi connectivity index (χ4v) is 2.15. The average molecular weight is 222 g/mol. The largest absolute Gasteiger partial charge is 0.387 e. The van der Waals surface area contributed by atoms with Gasteiger partial charge in [-0.3, -0.25) is 15.0 Å². The highest BCUT2D eigenvalue weighted by Gasteiger charge is 2.22. The van der Waals surface area contributed by atoms with Crippen LogP contribution in [0, 0.1) is 11.3 Å². The molecule has 1 aromatic heterocycles. The summed E-state index contributed by atoms with van der Waals surface area (Å²) < 4.78 is 1.71. The Hall–Kier alpha value is -1.43. The molecule has 0 amide bonds. The van der Waals surface area contributed by atoms with Gasteiger partial charge in [-0.15, -0.1) is 5.10 Å². The summed E-state index contributed by atoms with van der Waals surface area (Å²) >= 11 is 0. The highest BCUT2D eigenvalue weighted by atomic mass is 15.4. The fraction of sp³-hybridized carbons (Fsp3) is 0.700. The number of hydrogen-bond donors (Lipinski definition) is 2. The Morgan fingerprint density at radius 2 is 2.50 bits per heavy atom. The molecule has 3 N–H and O–H groups in total. The maximum Gasteiger partial charge on any atom is 0.0967 e. The fourth-order valence-electron chi connectivity index (χ4n) is 2.15. The molecule has 0 bridgehead atoms. The molecule has 0 spiro atoms. The molecule has 1 fully saturated rings. The van der Waals surface area contributed by atoms with Gasteiger partial charge in [-0.25, -0.2) is 0 Å². The van der Waals surface area contributed by atoms with Crippen LogP contribution in [0.1, 0.15) is 18.5 Å². The highest BCUT2D eigenvalue weighted by molar-refractivity contribution is 5.79. The standard InChI is InChI=1S/C10H18N6/c1-15-6-9(13-14-15)7-16-4-2-3-8(5-16)10(11)12/h6,8H,2-5,7H2,1H3,(H3,11,12). The summed E-state index contributed by atoms with van der Waals surface area (Å²) in [6, 6.07) is 0. The van der Waals surface area contributed by atoms with Crippen molar-refractivity contribution in [1.29, 1.82) is 5.41 Å². The zero-order valence-electron chi connectivity index (χ0n) is 9.56. The number of piperidine rings is 1. The van der Waals surface area contributed by atoms with E-state index in [-0.39, 0.29) is 5.92 Å². The van der Waals surface area contributed by atoms with E-state index in [9.17, 15) is 0 Å². The minimum atomic E-state index is 0.213. The van der Waals surface area contributed by atoms with Crippen LogP contribution >= 0.6 is 0 Å². The van der Waals surface area contributed by atoms with E-state index in [1.54, 1.807) is 4.68 Å². The van der Waals surface area contributed by atoms with Gasteiger partial charge < -0.3 is 5.73 Å². The molecule has 0 aliphatic carbocycles. The minimum Gasteiger partial charge on any atom is -0.387 e. The third-order valence-corrected chi connectivity index (χ3v) is 2.98. The molecular weight excluding hydrogens is 204 g/mol. The maximum absolute atomic E-state index is 7.48. The zero-order chi connectivity index (χ0) is 11.5. The molecule has 6 nitrogen and oxygen atoms in total. The molecule has 0 aromatic carbocycles. The van der Waals surface area contributed by atoms with Crippen molar-refractivity contribution in [2.45, 2.75) is 19.4 Å². The van der Waals surface area contributed by atoms with Gasteiger partial charge in [0.05, 0.1) is 11.5 Å². The van der Waals surface area contributed by atoms with E-state index < -0.39 is 0 Å². The van der Waals surface area contributed by atoms with Crippen molar-refractivity contribution in [1.82, 2.24) is 19.9 Å². The van der Waals surface area contributed by atoms with Gasteiger partial charge in [-0.1, -0.05) is 5.21 Å². The molecule has 1 atom stereocenters. The van der Waals surface area contributed by atoms with Crippen molar-refractivity contribution in [2.24, 2.45) is 18.7 Å². The van der Waals surface area contributed by atoms with E-state index in [2.05, 4.69) is 15.2 Å². The summed E-state index contributed by atoms with van der Waals surface area (Å²) in [5, 5.41) is 15.5. The lowest BCUT2D eigenvalue weighted by atomic mass is 9.97. The van der Waals surface area contributed by atoms with Gasteiger partial charge in [-0.05, 0) is 19.4 Å². The SMILES string of the molecule is Cn1cc(CN2CCCC(C(=N)N)C2)nn1. The number of aryl methyl sites for hydroxylation is 1. The molecule has 2 rings (SSSR count). The monoisotopic (exact) mass is 222 g/mol. The first-order valence-corrected chi connectivity index (χ1v) is 5.56. The number of hydrogen-bond acceptors (Lipinski definition) is 4. The molecule has 1 aliphatic heterocycles. The number of amidine groups is 1. The van der Waals surface area contributed by atoms with Crippen LogP contribution in [0.15, 0.2) is 6.20 Å². The first-order chi connectivity index (χ1) is 7.65. The first-order valence-electron chi connectivity index (χ1n) is 5.56. The van der Waals surface area contributed by atoms with Gasteiger partial charge in [0.1, 0.15) is 0 Å². The Kier molecular flexibility index (Phi) is 3.19. The van der Waals surface area contributed by atoms with Gasteiger partial charge in [0.2, 0.25) is 0 Å². The molecule has 1 saturated heterocycles. The van der Waals surface area contributed by atoms with E-state index in [0.717, 1.165) is 38.2 Å². The third kappa shape index (κ3) is 2.57. The summed E-state index contributed by atoms with van der Waals surface area (Å²) in [4.78, 5) is 2.29. The summed E-state index contributed by atoms with van der Waals surface area (Å²) in [7, 11) is 1.87. The quantitative estimate of drug-likeness (QED) is 0.555. The smallest absolute Gasteiger partial charge is 0.0967 e. The molecular formula is C10H18N6. The van der Waals surface area contributed by atoms with Gasteiger partial charge >= 0.3 is 0 Å². The predicted molar refractivity (Wildman–Crippen MR) is 60.9 cm³/mol. The van der Waals surface area contributed by atoms with Crippen LogP contribution < -0.4 is 5.73 Å². The molecule has 16 heavy (non-hydrogen) atoms. The Bertz CT molecular complexity index is 371. The molecule has 88 valence electrons. The second-order valence-corrected chi connectivity index (χ2v) is 4.41. The number of likely N-dealkylation sites (tertiary alicyclic amines) is 1. The number of rotatable bonds is 3. The van der Waals surface area contributed by atoms with Gasteiger partial charge in [0.25, 0.3) is 0 Å². The van der Waals surface area contributed by atoms with Crippen LogP contribution in [0.5, 0.6) is 0 Å². The molecule has 1 aromatic rings. The van der Waals surface area contributed by atoms with Crippen LogP contribution in [0.25, 0.3) is 0 Å². The van der Waals surface area contributed by atoms with E-state index >= 15 is 0 Å². The molecule has 6 heteroatoms. The second-order valence-electron chi connectivity index (χ2n) is 4.41. The second kappa shape index (κ2) is 4.61. The van der Waals surface area contributed by atoms with Crippen LogP contribution in [-0.4, -0.2) is 38.8 Å². The zero-order valence-corrected chi connectivity index (χ0v) is 9.56. The lowest BCUT2D eigenvalue weighted by molar-refractivity contribution is 0.193. The van der Waals surface area contributed by atoms with E-state index in [1.807, 2.05) is 13.2 Å². The summed E-state index contributed by atoms with van der Waals surface area (Å²) in [5.74, 6) is 0.522. The third-order valence-electron chi connectivity index (χ3n) is 2.98. The van der Waals surface area contributed by atoms with Gasteiger partial charge in [0, 0.05) is 32.3 Å². The lowest BCUT2D eigenvalue weighted by Gasteiger charge is -2.31. The van der Waals surface area contributed by atoms with Crippen molar-refractivity contribution in [3.05, 3.63) is 11.9 Å². The predicted octanol–water partition coefficient (Wildman–Crippen LogP) is -0.0369. The number of nitrogens with one attached hydrogen (secondary N) is 1. The van der Waals surface area contributed by atoms with Crippen molar-refractivity contribution >= 4 is 5.84 Å². The van der Waals surface area contributed by atoms with Crippen LogP contribution in [0.2, 0.25) is 0 Å². The summed E-state index contributed by atoms with van der Waals surface area (Å²) in [5.41, 5.74) is 6.53. The normalized spacial score (nSPS) is 22.2. The van der Waals surface area contributed by atoms with Gasteiger partial charge in [0.15, 0.2) is 0 Å². The maximum atomic E-state index is 7.48. The molecule has 2 heterocycles. The molecule has 1 unspecified atom stereocenters. The Morgan fingerprint density at radius 3 is 3.12 bits per heavy atom. The highest BCUT2D eigenvalue weighted by Crippen LogP contribution is 2.17. The first kappa shape index (κ1) is 11.1. The van der Waals surface area contributed by atoms with Crippen molar-refractivity contribution in [3.8, 4) is 0 Å². The van der Waals surface area contributed by atoms with E-state index in [4.69, 9.17) is 11.1 Å². The number of nitrogens with two attached hydrogens (primary N) is 1. The van der Waals surface area contributed by atoms with E-state index in [0.29, 0.717) is 5.84 Å². The Balaban J connectivity index is 1.92. The minimum absolute atomic E-state index is 0.213. The summed E-state index contributed by atoms with van der Waals surface area (Å²) in [6.07, 6.45) is 4.06. The van der Waals surface area contributed by atoms with Crippen molar-refractivity contribution < 1.29 is 0 Å². The van der Waals surface area contributed by atoms with Crippen LogP contribution in [0.3, 0.4) is 0 Å². The molecule has 0 radical (unpaired) electrons. The molecule has 1 aliphatic rings. The lowest BCUT2D eigenvalue weighted by Crippen LogP contribution is -2.40. The number of nitrogens with zero attached hydrogens (tertiary/aromatic N) is 4. The topological polar surface area (TPSA) is 83.8 Å².